The van der Waals surface area contributed by atoms with Crippen LogP contribution in [0.4, 0.5) is 11.4 Å². The third kappa shape index (κ3) is 6.78. The maximum Gasteiger partial charge on any atom is 0.250 e. The molecule has 0 aromatic heterocycles. The highest BCUT2D eigenvalue weighted by atomic mass is 32.2. The van der Waals surface area contributed by atoms with Crippen molar-refractivity contribution in [2.45, 2.75) is 20.0 Å². The van der Waals surface area contributed by atoms with Gasteiger partial charge in [0.15, 0.2) is 0 Å². The second-order valence-electron chi connectivity index (χ2n) is 4.36. The molecule has 1 aromatic rings. The fourth-order valence-corrected chi connectivity index (χ4v) is 1.84. The van der Waals surface area contributed by atoms with Gasteiger partial charge >= 0.3 is 0 Å². The zero-order valence-corrected chi connectivity index (χ0v) is 12.0. The van der Waals surface area contributed by atoms with Crippen LogP contribution in [0.5, 0.6) is 0 Å². The summed E-state index contributed by atoms with van der Waals surface area (Å²) in [5.41, 5.74) is 1.02. The standard InChI is InChI=1S/C12H18N2O4S/c1-9(2)18-8-12(15)13-10-4-6-11(7-5-10)14-19(3,16)17/h4-7,9,14H,8H2,1-3H3,(H,13,15). The number of benzene rings is 1. The van der Waals surface area contributed by atoms with Crippen LogP contribution in [0.15, 0.2) is 24.3 Å². The van der Waals surface area contributed by atoms with Crippen LogP contribution in [0.3, 0.4) is 0 Å². The molecule has 0 saturated carbocycles. The summed E-state index contributed by atoms with van der Waals surface area (Å²) in [6, 6.07) is 6.36. The van der Waals surface area contributed by atoms with Gasteiger partial charge in [-0.05, 0) is 38.1 Å². The van der Waals surface area contributed by atoms with Crippen molar-refractivity contribution in [1.82, 2.24) is 0 Å². The predicted octanol–water partition coefficient (Wildman–Crippen LogP) is 1.42. The quantitative estimate of drug-likeness (QED) is 0.828. The van der Waals surface area contributed by atoms with Gasteiger partial charge in [0.1, 0.15) is 6.61 Å². The predicted molar refractivity (Wildman–Crippen MR) is 74.6 cm³/mol. The maximum atomic E-state index is 11.5. The average molecular weight is 286 g/mol. The van der Waals surface area contributed by atoms with Crippen LogP contribution in [-0.4, -0.2) is 33.3 Å². The van der Waals surface area contributed by atoms with Gasteiger partial charge < -0.3 is 10.1 Å². The Balaban J connectivity index is 2.55. The molecule has 7 heteroatoms. The molecule has 1 rings (SSSR count). The second kappa shape index (κ2) is 6.53. The van der Waals surface area contributed by atoms with Crippen molar-refractivity contribution in [3.63, 3.8) is 0 Å². The van der Waals surface area contributed by atoms with Crippen LogP contribution < -0.4 is 10.0 Å². The summed E-state index contributed by atoms with van der Waals surface area (Å²) in [6.07, 6.45) is 1.07. The topological polar surface area (TPSA) is 84.5 Å². The zero-order valence-electron chi connectivity index (χ0n) is 11.1. The first kappa shape index (κ1) is 15.5. The second-order valence-corrected chi connectivity index (χ2v) is 6.11. The lowest BCUT2D eigenvalue weighted by Crippen LogP contribution is -2.20. The van der Waals surface area contributed by atoms with E-state index in [9.17, 15) is 13.2 Å². The average Bonchev–Trinajstić information content (AvgIpc) is 2.27. The number of ether oxygens (including phenoxy) is 1. The maximum absolute atomic E-state index is 11.5. The lowest BCUT2D eigenvalue weighted by atomic mass is 10.3. The largest absolute Gasteiger partial charge is 0.369 e. The van der Waals surface area contributed by atoms with Crippen LogP contribution in [0.1, 0.15) is 13.8 Å². The van der Waals surface area contributed by atoms with E-state index in [1.807, 2.05) is 13.8 Å². The molecule has 0 unspecified atom stereocenters. The van der Waals surface area contributed by atoms with Gasteiger partial charge in [0.05, 0.1) is 12.4 Å². The lowest BCUT2D eigenvalue weighted by Gasteiger charge is -2.09. The number of sulfonamides is 1. The molecule has 1 aromatic carbocycles. The molecular formula is C12H18N2O4S. The van der Waals surface area contributed by atoms with Gasteiger partial charge in [-0.3, -0.25) is 9.52 Å². The summed E-state index contributed by atoms with van der Waals surface area (Å²) in [5.74, 6) is -0.252. The number of nitrogens with one attached hydrogen (secondary N) is 2. The molecule has 0 bridgehead atoms. The summed E-state index contributed by atoms with van der Waals surface area (Å²) in [5, 5.41) is 2.65. The highest BCUT2D eigenvalue weighted by Crippen LogP contribution is 2.14. The zero-order chi connectivity index (χ0) is 14.5. The van der Waals surface area contributed by atoms with Gasteiger partial charge in [-0.15, -0.1) is 0 Å². The number of anilines is 2. The minimum absolute atomic E-state index is 0.00733. The van der Waals surface area contributed by atoms with E-state index < -0.39 is 10.0 Å². The van der Waals surface area contributed by atoms with Crippen molar-refractivity contribution in [3.8, 4) is 0 Å². The van der Waals surface area contributed by atoms with Crippen molar-refractivity contribution in [1.29, 1.82) is 0 Å². The minimum atomic E-state index is -3.29. The Bertz CT molecular complexity index is 523. The molecule has 0 radical (unpaired) electrons. The molecule has 0 saturated heterocycles. The molecule has 0 atom stereocenters. The minimum Gasteiger partial charge on any atom is -0.369 e. The Morgan fingerprint density at radius 3 is 2.21 bits per heavy atom. The molecule has 106 valence electrons. The Hall–Kier alpha value is -1.60. The van der Waals surface area contributed by atoms with Crippen LogP contribution in [0.25, 0.3) is 0 Å². The van der Waals surface area contributed by atoms with Crippen molar-refractivity contribution < 1.29 is 17.9 Å². The van der Waals surface area contributed by atoms with Crippen molar-refractivity contribution >= 4 is 27.3 Å². The van der Waals surface area contributed by atoms with Crippen molar-refractivity contribution in [3.05, 3.63) is 24.3 Å². The van der Waals surface area contributed by atoms with E-state index >= 15 is 0 Å². The van der Waals surface area contributed by atoms with E-state index in [4.69, 9.17) is 4.74 Å². The van der Waals surface area contributed by atoms with Crippen LogP contribution in [-0.2, 0) is 19.6 Å². The summed E-state index contributed by atoms with van der Waals surface area (Å²) in [6.45, 7) is 3.68. The van der Waals surface area contributed by atoms with Gasteiger partial charge in [-0.25, -0.2) is 8.42 Å². The summed E-state index contributed by atoms with van der Waals surface area (Å²) in [7, 11) is -3.29. The summed E-state index contributed by atoms with van der Waals surface area (Å²) >= 11 is 0. The fraction of sp³-hybridized carbons (Fsp3) is 0.417. The first-order chi connectivity index (χ1) is 8.76. The van der Waals surface area contributed by atoms with E-state index in [-0.39, 0.29) is 18.6 Å². The number of carbonyl (C=O) groups is 1. The van der Waals surface area contributed by atoms with Crippen LogP contribution in [0, 0.1) is 0 Å². The molecule has 0 aliphatic carbocycles. The number of rotatable bonds is 6. The van der Waals surface area contributed by atoms with Gasteiger partial charge in [0.2, 0.25) is 15.9 Å². The number of carbonyl (C=O) groups excluding carboxylic acids is 1. The molecule has 0 aliphatic rings. The number of hydrogen-bond donors (Lipinski definition) is 2. The van der Waals surface area contributed by atoms with Crippen molar-refractivity contribution in [2.24, 2.45) is 0 Å². The molecular weight excluding hydrogens is 268 g/mol. The molecule has 0 heterocycles. The number of amides is 1. The van der Waals surface area contributed by atoms with Crippen molar-refractivity contribution in [2.75, 3.05) is 22.9 Å². The third-order valence-corrected chi connectivity index (χ3v) is 2.63. The fourth-order valence-electron chi connectivity index (χ4n) is 1.28. The van der Waals surface area contributed by atoms with Gasteiger partial charge in [-0.2, -0.15) is 0 Å². The first-order valence-electron chi connectivity index (χ1n) is 5.75. The Morgan fingerprint density at radius 1 is 1.21 bits per heavy atom. The van der Waals surface area contributed by atoms with E-state index in [1.54, 1.807) is 24.3 Å². The van der Waals surface area contributed by atoms with Gasteiger partial charge in [-0.1, -0.05) is 0 Å². The molecule has 0 fully saturated rings. The smallest absolute Gasteiger partial charge is 0.250 e. The Morgan fingerprint density at radius 2 is 1.74 bits per heavy atom. The van der Waals surface area contributed by atoms with Gasteiger partial charge in [0.25, 0.3) is 0 Å². The van der Waals surface area contributed by atoms with E-state index in [0.717, 1.165) is 6.26 Å². The molecule has 0 spiro atoms. The molecule has 19 heavy (non-hydrogen) atoms. The van der Waals surface area contributed by atoms with E-state index in [2.05, 4.69) is 10.0 Å². The SMILES string of the molecule is CC(C)OCC(=O)Nc1ccc(NS(C)(=O)=O)cc1. The highest BCUT2D eigenvalue weighted by Gasteiger charge is 2.05. The Kier molecular flexibility index (Phi) is 5.31. The first-order valence-corrected chi connectivity index (χ1v) is 7.65. The molecule has 0 aliphatic heterocycles. The molecule has 1 amide bonds. The normalized spacial score (nSPS) is 11.4. The molecule has 2 N–H and O–H groups in total. The lowest BCUT2D eigenvalue weighted by molar-refractivity contribution is -0.121. The number of hydrogen-bond acceptors (Lipinski definition) is 4. The van der Waals surface area contributed by atoms with Crippen LogP contribution in [0.2, 0.25) is 0 Å². The highest BCUT2D eigenvalue weighted by molar-refractivity contribution is 7.92. The summed E-state index contributed by atoms with van der Waals surface area (Å²) < 4.78 is 29.5. The monoisotopic (exact) mass is 286 g/mol. The van der Waals surface area contributed by atoms with E-state index in [0.29, 0.717) is 11.4 Å². The third-order valence-electron chi connectivity index (χ3n) is 2.02. The summed E-state index contributed by atoms with van der Waals surface area (Å²) in [4.78, 5) is 11.5. The van der Waals surface area contributed by atoms with Crippen LogP contribution >= 0.6 is 0 Å². The Labute approximate surface area is 113 Å². The molecule has 6 nitrogen and oxygen atoms in total. The van der Waals surface area contributed by atoms with E-state index in [1.165, 1.54) is 0 Å². The van der Waals surface area contributed by atoms with Gasteiger partial charge in [0, 0.05) is 11.4 Å².